The van der Waals surface area contributed by atoms with Crippen molar-refractivity contribution in [3.05, 3.63) is 52.4 Å². The second-order valence-electron chi connectivity index (χ2n) is 7.02. The molecule has 0 spiro atoms. The maximum atomic E-state index is 12.7. The molecule has 4 rings (SSSR count). The Morgan fingerprint density at radius 3 is 2.43 bits per heavy atom. The van der Waals surface area contributed by atoms with E-state index in [1.807, 2.05) is 0 Å². The third-order valence-corrected chi connectivity index (χ3v) is 5.12. The lowest BCUT2D eigenvalue weighted by Crippen LogP contribution is -2.21. The first kappa shape index (κ1) is 18.5. The Bertz CT molecular complexity index is 1030. The Labute approximate surface area is 158 Å². The number of nitrogens with one attached hydrogen (secondary N) is 2. The van der Waals surface area contributed by atoms with Gasteiger partial charge in [0.15, 0.2) is 5.82 Å². The lowest BCUT2D eigenvalue weighted by molar-refractivity contribution is -0.137. The van der Waals surface area contributed by atoms with Gasteiger partial charge in [0.25, 0.3) is 5.56 Å². The molecule has 0 radical (unpaired) electrons. The number of aliphatic hydroxyl groups excluding tert-OH is 1. The van der Waals surface area contributed by atoms with Gasteiger partial charge in [-0.05, 0) is 56.0 Å². The monoisotopic (exact) mass is 392 g/mol. The maximum absolute atomic E-state index is 12.7. The van der Waals surface area contributed by atoms with E-state index in [1.54, 1.807) is 16.9 Å². The standard InChI is InChI=1S/C19H19F3N4O2/c20-19(21,22)11-1-3-12(4-2-11)24-17-16-15(9-10-23-18(16)28)26(25-17)13-5-7-14(27)8-6-13/h1-4,9-10,13-14,27H,5-8H2,(H,23,28)(H,24,25). The third kappa shape index (κ3) is 3.49. The van der Waals surface area contributed by atoms with Crippen LogP contribution in [0.15, 0.2) is 41.3 Å². The van der Waals surface area contributed by atoms with Gasteiger partial charge in [-0.15, -0.1) is 0 Å². The molecule has 1 saturated carbocycles. The van der Waals surface area contributed by atoms with E-state index in [9.17, 15) is 23.1 Å². The number of rotatable bonds is 3. The highest BCUT2D eigenvalue weighted by atomic mass is 19.4. The van der Waals surface area contributed by atoms with Gasteiger partial charge < -0.3 is 15.4 Å². The summed E-state index contributed by atoms with van der Waals surface area (Å²) in [6.07, 6.45) is -0.369. The van der Waals surface area contributed by atoms with Crippen LogP contribution in [0.25, 0.3) is 10.9 Å². The minimum absolute atomic E-state index is 0.0517. The number of nitrogens with zero attached hydrogens (tertiary/aromatic N) is 2. The van der Waals surface area contributed by atoms with E-state index < -0.39 is 11.7 Å². The van der Waals surface area contributed by atoms with Crippen LogP contribution >= 0.6 is 0 Å². The van der Waals surface area contributed by atoms with Gasteiger partial charge in [-0.1, -0.05) is 0 Å². The molecule has 0 unspecified atom stereocenters. The molecule has 6 nitrogen and oxygen atoms in total. The molecule has 0 saturated heterocycles. The Hall–Kier alpha value is -2.81. The van der Waals surface area contributed by atoms with E-state index in [0.29, 0.717) is 35.2 Å². The molecule has 9 heteroatoms. The topological polar surface area (TPSA) is 82.9 Å². The molecule has 2 heterocycles. The summed E-state index contributed by atoms with van der Waals surface area (Å²) < 4.78 is 40.0. The van der Waals surface area contributed by atoms with Crippen LogP contribution < -0.4 is 10.9 Å². The van der Waals surface area contributed by atoms with Crippen LogP contribution in [0.1, 0.15) is 37.3 Å². The van der Waals surface area contributed by atoms with E-state index in [-0.39, 0.29) is 17.7 Å². The van der Waals surface area contributed by atoms with Crippen LogP contribution in [0, 0.1) is 0 Å². The van der Waals surface area contributed by atoms with Crippen LogP contribution in [-0.4, -0.2) is 26.0 Å². The van der Waals surface area contributed by atoms with Crippen molar-refractivity contribution in [2.45, 2.75) is 44.0 Å². The highest BCUT2D eigenvalue weighted by Gasteiger charge is 2.30. The summed E-state index contributed by atoms with van der Waals surface area (Å²) in [5.41, 5.74) is -0.0116. The van der Waals surface area contributed by atoms with E-state index in [1.165, 1.54) is 12.1 Å². The molecule has 1 aromatic carbocycles. The van der Waals surface area contributed by atoms with Crippen LogP contribution in [-0.2, 0) is 6.18 Å². The summed E-state index contributed by atoms with van der Waals surface area (Å²) in [4.78, 5) is 15.0. The van der Waals surface area contributed by atoms with Crippen molar-refractivity contribution >= 4 is 22.4 Å². The number of H-pyrrole nitrogens is 1. The molecule has 28 heavy (non-hydrogen) atoms. The predicted molar refractivity (Wildman–Crippen MR) is 98.6 cm³/mol. The highest BCUT2D eigenvalue weighted by Crippen LogP contribution is 2.34. The number of aromatic amines is 1. The number of aliphatic hydroxyl groups is 1. The Balaban J connectivity index is 1.70. The highest BCUT2D eigenvalue weighted by molar-refractivity contribution is 5.91. The molecule has 0 aliphatic heterocycles. The summed E-state index contributed by atoms with van der Waals surface area (Å²) in [5, 5.41) is 17.6. The molecule has 2 aromatic heterocycles. The number of aromatic nitrogens is 3. The van der Waals surface area contributed by atoms with Gasteiger partial charge in [-0.3, -0.25) is 9.48 Å². The molecule has 3 N–H and O–H groups in total. The van der Waals surface area contributed by atoms with Crippen molar-refractivity contribution in [2.24, 2.45) is 0 Å². The molecular weight excluding hydrogens is 373 g/mol. The van der Waals surface area contributed by atoms with E-state index in [2.05, 4.69) is 15.4 Å². The number of alkyl halides is 3. The number of halogens is 3. The quantitative estimate of drug-likeness (QED) is 0.630. The number of fused-ring (bicyclic) bond motifs is 1. The molecule has 148 valence electrons. The van der Waals surface area contributed by atoms with E-state index >= 15 is 0 Å². The van der Waals surface area contributed by atoms with Gasteiger partial charge in [0.05, 0.1) is 23.2 Å². The first-order valence-electron chi connectivity index (χ1n) is 9.05. The van der Waals surface area contributed by atoms with Crippen molar-refractivity contribution in [2.75, 3.05) is 5.32 Å². The fourth-order valence-corrected chi connectivity index (χ4v) is 3.65. The third-order valence-electron chi connectivity index (χ3n) is 5.12. The minimum atomic E-state index is -4.41. The van der Waals surface area contributed by atoms with Crippen LogP contribution in [0.5, 0.6) is 0 Å². The van der Waals surface area contributed by atoms with Gasteiger partial charge in [0.2, 0.25) is 0 Å². The van der Waals surface area contributed by atoms with Crippen molar-refractivity contribution in [1.82, 2.24) is 14.8 Å². The van der Waals surface area contributed by atoms with Gasteiger partial charge >= 0.3 is 6.18 Å². The predicted octanol–water partition coefficient (Wildman–Crippen LogP) is 3.96. The molecule has 1 fully saturated rings. The van der Waals surface area contributed by atoms with Gasteiger partial charge in [0.1, 0.15) is 5.39 Å². The summed E-state index contributed by atoms with van der Waals surface area (Å²) >= 11 is 0. The van der Waals surface area contributed by atoms with Crippen molar-refractivity contribution < 1.29 is 18.3 Å². The number of hydrogen-bond donors (Lipinski definition) is 3. The average Bonchev–Trinajstić information content (AvgIpc) is 3.02. The van der Waals surface area contributed by atoms with Gasteiger partial charge in [0, 0.05) is 11.9 Å². The summed E-state index contributed by atoms with van der Waals surface area (Å²) in [6, 6.07) is 6.38. The van der Waals surface area contributed by atoms with Crippen LogP contribution in [0.3, 0.4) is 0 Å². The van der Waals surface area contributed by atoms with E-state index in [0.717, 1.165) is 25.0 Å². The maximum Gasteiger partial charge on any atom is 0.416 e. The Kier molecular flexibility index (Phi) is 4.62. The molecular formula is C19H19F3N4O2. The van der Waals surface area contributed by atoms with Crippen molar-refractivity contribution in [3.63, 3.8) is 0 Å². The zero-order valence-corrected chi connectivity index (χ0v) is 14.8. The summed E-state index contributed by atoms with van der Waals surface area (Å²) in [7, 11) is 0. The number of pyridine rings is 1. The lowest BCUT2D eigenvalue weighted by Gasteiger charge is -2.26. The average molecular weight is 392 g/mol. The second-order valence-corrected chi connectivity index (χ2v) is 7.02. The molecule has 1 aliphatic rings. The zero-order valence-electron chi connectivity index (χ0n) is 14.8. The minimum Gasteiger partial charge on any atom is -0.393 e. The van der Waals surface area contributed by atoms with E-state index in [4.69, 9.17) is 0 Å². The Morgan fingerprint density at radius 2 is 1.79 bits per heavy atom. The molecule has 1 aliphatic carbocycles. The second kappa shape index (κ2) is 6.97. The number of anilines is 2. The molecule has 0 bridgehead atoms. The first-order chi connectivity index (χ1) is 13.3. The molecule has 3 aromatic rings. The van der Waals surface area contributed by atoms with Crippen molar-refractivity contribution in [3.8, 4) is 0 Å². The largest absolute Gasteiger partial charge is 0.416 e. The van der Waals surface area contributed by atoms with Crippen LogP contribution in [0.2, 0.25) is 0 Å². The fraction of sp³-hybridized carbons (Fsp3) is 0.368. The van der Waals surface area contributed by atoms with Gasteiger partial charge in [-0.25, -0.2) is 0 Å². The summed E-state index contributed by atoms with van der Waals surface area (Å²) in [6.45, 7) is 0. The first-order valence-corrected chi connectivity index (χ1v) is 9.05. The fourth-order valence-electron chi connectivity index (χ4n) is 3.65. The smallest absolute Gasteiger partial charge is 0.393 e. The van der Waals surface area contributed by atoms with Crippen molar-refractivity contribution in [1.29, 1.82) is 0 Å². The zero-order chi connectivity index (χ0) is 19.9. The number of hydrogen-bond acceptors (Lipinski definition) is 4. The molecule has 0 amide bonds. The molecule has 0 atom stereocenters. The lowest BCUT2D eigenvalue weighted by atomic mass is 9.93. The summed E-state index contributed by atoms with van der Waals surface area (Å²) in [5.74, 6) is 0.294. The van der Waals surface area contributed by atoms with Gasteiger partial charge in [-0.2, -0.15) is 18.3 Å². The Morgan fingerprint density at radius 1 is 1.11 bits per heavy atom. The normalized spacial score (nSPS) is 20.4. The SMILES string of the molecule is O=c1[nH]ccc2c1c(Nc1ccc(C(F)(F)F)cc1)nn2C1CCC(O)CC1. The van der Waals surface area contributed by atoms with Crippen LogP contribution in [0.4, 0.5) is 24.7 Å². The number of benzene rings is 1.